The van der Waals surface area contributed by atoms with Crippen LogP contribution in [0.2, 0.25) is 0 Å². The first kappa shape index (κ1) is 16.0. The third-order valence-corrected chi connectivity index (χ3v) is 6.25. The summed E-state index contributed by atoms with van der Waals surface area (Å²) in [5, 5.41) is 3.57. The van der Waals surface area contributed by atoms with Crippen LogP contribution in [-0.4, -0.2) is 45.5 Å². The molecule has 0 unspecified atom stereocenters. The van der Waals surface area contributed by atoms with Crippen molar-refractivity contribution in [2.24, 2.45) is 0 Å². The highest BCUT2D eigenvalue weighted by molar-refractivity contribution is 5.71. The summed E-state index contributed by atoms with van der Waals surface area (Å²) < 4.78 is 12.2. The smallest absolute Gasteiger partial charge is 0.143 e. The van der Waals surface area contributed by atoms with Crippen molar-refractivity contribution in [3.63, 3.8) is 0 Å². The van der Waals surface area contributed by atoms with Crippen LogP contribution in [0.5, 0.6) is 5.75 Å². The molecular formula is C21H30N2O2. The molecule has 2 fully saturated rings. The lowest BCUT2D eigenvalue weighted by molar-refractivity contribution is 0.0203. The van der Waals surface area contributed by atoms with Crippen LogP contribution in [0.15, 0.2) is 6.07 Å². The predicted molar refractivity (Wildman–Crippen MR) is 100.0 cm³/mol. The summed E-state index contributed by atoms with van der Waals surface area (Å²) in [6, 6.07) is 2.36. The van der Waals surface area contributed by atoms with Crippen LogP contribution >= 0.6 is 0 Å². The van der Waals surface area contributed by atoms with Gasteiger partial charge in [0.1, 0.15) is 12.4 Å². The number of nitrogens with one attached hydrogen (secondary N) is 1. The molecular weight excluding hydrogens is 312 g/mol. The van der Waals surface area contributed by atoms with E-state index >= 15 is 0 Å². The van der Waals surface area contributed by atoms with Gasteiger partial charge in [-0.25, -0.2) is 0 Å². The van der Waals surface area contributed by atoms with E-state index in [2.05, 4.69) is 16.3 Å². The van der Waals surface area contributed by atoms with E-state index in [0.29, 0.717) is 6.10 Å². The van der Waals surface area contributed by atoms with Crippen molar-refractivity contribution in [1.82, 2.24) is 5.32 Å². The van der Waals surface area contributed by atoms with Crippen molar-refractivity contribution in [3.05, 3.63) is 22.8 Å². The largest absolute Gasteiger partial charge is 0.490 e. The maximum Gasteiger partial charge on any atom is 0.143 e. The van der Waals surface area contributed by atoms with Crippen molar-refractivity contribution >= 4 is 5.69 Å². The summed E-state index contributed by atoms with van der Waals surface area (Å²) in [6.07, 6.45) is 9.15. The van der Waals surface area contributed by atoms with Crippen LogP contribution in [-0.2, 0) is 17.6 Å². The van der Waals surface area contributed by atoms with Crippen LogP contribution in [0.3, 0.4) is 0 Å². The number of benzene rings is 1. The molecule has 0 radical (unpaired) electrons. The van der Waals surface area contributed by atoms with Gasteiger partial charge >= 0.3 is 0 Å². The third kappa shape index (κ3) is 3.15. The average molecular weight is 342 g/mol. The van der Waals surface area contributed by atoms with E-state index in [4.69, 9.17) is 9.47 Å². The van der Waals surface area contributed by atoms with Crippen LogP contribution in [0.25, 0.3) is 0 Å². The fourth-order valence-corrected chi connectivity index (χ4v) is 4.85. The third-order valence-electron chi connectivity index (χ3n) is 6.25. The Kier molecular flexibility index (Phi) is 4.34. The molecule has 1 aromatic carbocycles. The summed E-state index contributed by atoms with van der Waals surface area (Å²) in [5.41, 5.74) is 6.21. The van der Waals surface area contributed by atoms with Crippen LogP contribution in [0, 0.1) is 0 Å². The minimum Gasteiger partial charge on any atom is -0.490 e. The van der Waals surface area contributed by atoms with Gasteiger partial charge < -0.3 is 19.7 Å². The second kappa shape index (κ2) is 6.81. The molecule has 1 atom stereocenters. The zero-order chi connectivity index (χ0) is 16.6. The minimum atomic E-state index is 0.396. The van der Waals surface area contributed by atoms with E-state index in [0.717, 1.165) is 57.5 Å². The van der Waals surface area contributed by atoms with Gasteiger partial charge in [0.15, 0.2) is 0 Å². The number of hydrogen-bond donors (Lipinski definition) is 1. The van der Waals surface area contributed by atoms with Gasteiger partial charge in [-0.1, -0.05) is 0 Å². The highest BCUT2D eigenvalue weighted by atomic mass is 16.5. The molecule has 1 aliphatic carbocycles. The Labute approximate surface area is 150 Å². The predicted octanol–water partition coefficient (Wildman–Crippen LogP) is 3.02. The molecule has 3 heterocycles. The van der Waals surface area contributed by atoms with E-state index in [1.54, 1.807) is 11.1 Å². The van der Waals surface area contributed by atoms with Crippen molar-refractivity contribution in [2.75, 3.05) is 44.3 Å². The van der Waals surface area contributed by atoms with E-state index in [-0.39, 0.29) is 0 Å². The highest BCUT2D eigenvalue weighted by Gasteiger charge is 2.36. The van der Waals surface area contributed by atoms with Crippen molar-refractivity contribution in [2.45, 2.75) is 57.0 Å². The van der Waals surface area contributed by atoms with Crippen molar-refractivity contribution in [1.29, 1.82) is 0 Å². The molecule has 1 aromatic rings. The Balaban J connectivity index is 1.53. The second-order valence-corrected chi connectivity index (χ2v) is 8.08. The lowest BCUT2D eigenvalue weighted by Gasteiger charge is -2.37. The highest BCUT2D eigenvalue weighted by Crippen LogP contribution is 2.51. The number of anilines is 1. The molecule has 0 aromatic heterocycles. The van der Waals surface area contributed by atoms with Gasteiger partial charge in [0.05, 0.1) is 18.3 Å². The molecule has 0 spiro atoms. The molecule has 1 saturated heterocycles. The van der Waals surface area contributed by atoms with E-state index < -0.39 is 0 Å². The topological polar surface area (TPSA) is 33.7 Å². The number of nitrogens with zero attached hydrogens (tertiary/aromatic N) is 1. The van der Waals surface area contributed by atoms with Gasteiger partial charge in [0.25, 0.3) is 0 Å². The van der Waals surface area contributed by atoms with E-state index in [9.17, 15) is 0 Å². The Morgan fingerprint density at radius 3 is 2.84 bits per heavy atom. The number of hydrogen-bond acceptors (Lipinski definition) is 4. The van der Waals surface area contributed by atoms with E-state index in [1.807, 2.05) is 0 Å². The van der Waals surface area contributed by atoms with Crippen molar-refractivity contribution in [3.8, 4) is 5.75 Å². The molecule has 0 bridgehead atoms. The molecule has 1 saturated carbocycles. The summed E-state index contributed by atoms with van der Waals surface area (Å²) >= 11 is 0. The van der Waals surface area contributed by atoms with Crippen LogP contribution in [0.4, 0.5) is 5.69 Å². The first-order valence-electron chi connectivity index (χ1n) is 10.3. The zero-order valence-electron chi connectivity index (χ0n) is 15.2. The minimum absolute atomic E-state index is 0.396. The first-order chi connectivity index (χ1) is 12.4. The first-order valence-corrected chi connectivity index (χ1v) is 10.3. The fraction of sp³-hybridized carbons (Fsp3) is 0.714. The molecule has 3 aliphatic heterocycles. The van der Waals surface area contributed by atoms with Gasteiger partial charge in [0, 0.05) is 13.2 Å². The summed E-state index contributed by atoms with van der Waals surface area (Å²) in [5.74, 6) is 1.91. The number of rotatable bonds is 3. The number of fused-ring (bicyclic) bond motifs is 2. The summed E-state index contributed by atoms with van der Waals surface area (Å²) in [4.78, 5) is 2.60. The summed E-state index contributed by atoms with van der Waals surface area (Å²) in [6.45, 7) is 5.98. The molecule has 0 amide bonds. The molecule has 4 heteroatoms. The lowest BCUT2D eigenvalue weighted by atomic mass is 9.90. The fourth-order valence-electron chi connectivity index (χ4n) is 4.85. The van der Waals surface area contributed by atoms with Gasteiger partial charge in [-0.05, 0) is 86.7 Å². The Hall–Kier alpha value is -1.26. The Bertz CT molecular complexity index is 635. The van der Waals surface area contributed by atoms with Gasteiger partial charge in [-0.2, -0.15) is 0 Å². The van der Waals surface area contributed by atoms with Gasteiger partial charge in [0.2, 0.25) is 0 Å². The second-order valence-electron chi connectivity index (χ2n) is 8.08. The van der Waals surface area contributed by atoms with Gasteiger partial charge in [-0.3, -0.25) is 0 Å². The molecule has 4 nitrogen and oxygen atoms in total. The standard InChI is InChI=1S/C21H30N2O2/c1-2-11-24-17(3-1)14-23-10-12-25-19-13-16-6-8-22-9-7-18(16)20(21(19)23)15-4-5-15/h13,15,17,22H,1-12,14H2/t17-/m0/s1. The normalized spacial score (nSPS) is 26.4. The maximum atomic E-state index is 6.17. The molecule has 5 rings (SSSR count). The molecule has 136 valence electrons. The van der Waals surface area contributed by atoms with Gasteiger partial charge in [-0.15, -0.1) is 0 Å². The molecule has 4 aliphatic rings. The summed E-state index contributed by atoms with van der Waals surface area (Å²) in [7, 11) is 0. The van der Waals surface area contributed by atoms with Crippen molar-refractivity contribution < 1.29 is 9.47 Å². The van der Waals surface area contributed by atoms with E-state index in [1.165, 1.54) is 49.8 Å². The maximum absolute atomic E-state index is 6.17. The van der Waals surface area contributed by atoms with Crippen LogP contribution in [0.1, 0.15) is 54.7 Å². The monoisotopic (exact) mass is 342 g/mol. The lowest BCUT2D eigenvalue weighted by Crippen LogP contribution is -2.41. The SMILES string of the molecule is c1c2c(c(C3CC3)c3c1OCCN3C[C@@H]1CCCCO1)CCNCC2. The Morgan fingerprint density at radius 2 is 2.00 bits per heavy atom. The quantitative estimate of drug-likeness (QED) is 0.915. The Morgan fingerprint density at radius 1 is 1.08 bits per heavy atom. The molecule has 25 heavy (non-hydrogen) atoms. The average Bonchev–Trinajstić information content (AvgIpc) is 3.48. The zero-order valence-corrected chi connectivity index (χ0v) is 15.2. The van der Waals surface area contributed by atoms with Crippen LogP contribution < -0.4 is 15.0 Å². The molecule has 1 N–H and O–H groups in total. The number of ether oxygens (including phenoxy) is 2.